The van der Waals surface area contributed by atoms with Crippen molar-refractivity contribution in [1.29, 1.82) is 0 Å². The predicted octanol–water partition coefficient (Wildman–Crippen LogP) is 1.91. The number of esters is 1. The van der Waals surface area contributed by atoms with Crippen molar-refractivity contribution in [3.63, 3.8) is 0 Å². The van der Waals surface area contributed by atoms with Gasteiger partial charge in [0.05, 0.1) is 29.3 Å². The molecule has 0 aliphatic heterocycles. The van der Waals surface area contributed by atoms with Gasteiger partial charge in [0.2, 0.25) is 10.0 Å². The van der Waals surface area contributed by atoms with E-state index in [1.165, 1.54) is 31.4 Å². The lowest BCUT2D eigenvalue weighted by Crippen LogP contribution is -2.27. The van der Waals surface area contributed by atoms with E-state index < -0.39 is 22.0 Å². The fourth-order valence-electron chi connectivity index (χ4n) is 1.90. The molecule has 0 saturated carbocycles. The maximum Gasteiger partial charge on any atom is 0.337 e. The summed E-state index contributed by atoms with van der Waals surface area (Å²) in [4.78, 5) is 15.6. The van der Waals surface area contributed by atoms with Crippen molar-refractivity contribution < 1.29 is 17.9 Å². The van der Waals surface area contributed by atoms with Gasteiger partial charge in [-0.15, -0.1) is 0 Å². The molecule has 2 rings (SSSR count). The van der Waals surface area contributed by atoms with Gasteiger partial charge in [0.25, 0.3) is 0 Å². The lowest BCUT2D eigenvalue weighted by atomic mass is 10.2. The van der Waals surface area contributed by atoms with Crippen molar-refractivity contribution in [3.8, 4) is 0 Å². The second-order valence-electron chi connectivity index (χ2n) is 4.62. The van der Waals surface area contributed by atoms with Crippen LogP contribution in [0.15, 0.2) is 53.6 Å². The molecule has 1 unspecified atom stereocenters. The lowest BCUT2D eigenvalue weighted by Gasteiger charge is -2.14. The third-order valence-corrected chi connectivity index (χ3v) is 4.57. The minimum atomic E-state index is -3.77. The fraction of sp³-hybridized carbons (Fsp3) is 0.200. The van der Waals surface area contributed by atoms with Gasteiger partial charge in [0, 0.05) is 6.20 Å². The summed E-state index contributed by atoms with van der Waals surface area (Å²) in [5.41, 5.74) is 0.783. The Morgan fingerprint density at radius 3 is 2.64 bits per heavy atom. The standard InChI is InChI=1S/C15H16N2O4S/c1-11(14-8-3-4-9-16-14)17-22(19,20)13-7-5-6-12(10-13)15(18)21-2/h3-11,17H,1-2H3. The summed E-state index contributed by atoms with van der Waals surface area (Å²) in [6.45, 7) is 1.70. The first kappa shape index (κ1) is 16.1. The van der Waals surface area contributed by atoms with Crippen molar-refractivity contribution >= 4 is 16.0 Å². The van der Waals surface area contributed by atoms with Crippen molar-refractivity contribution in [2.24, 2.45) is 0 Å². The Labute approximate surface area is 129 Å². The van der Waals surface area contributed by atoms with Crippen LogP contribution in [-0.2, 0) is 14.8 Å². The van der Waals surface area contributed by atoms with Crippen LogP contribution in [-0.4, -0.2) is 26.5 Å². The number of carbonyl (C=O) groups excluding carboxylic acids is 1. The van der Waals surface area contributed by atoms with Crippen molar-refractivity contribution in [1.82, 2.24) is 9.71 Å². The monoisotopic (exact) mass is 320 g/mol. The molecular weight excluding hydrogens is 304 g/mol. The average Bonchev–Trinajstić information content (AvgIpc) is 2.54. The normalized spacial score (nSPS) is 12.6. The highest BCUT2D eigenvalue weighted by Gasteiger charge is 2.20. The summed E-state index contributed by atoms with van der Waals surface area (Å²) >= 11 is 0. The zero-order chi connectivity index (χ0) is 16.2. The molecule has 0 fully saturated rings. The van der Waals surface area contributed by atoms with E-state index in [2.05, 4.69) is 14.4 Å². The fourth-order valence-corrected chi connectivity index (χ4v) is 3.16. The van der Waals surface area contributed by atoms with E-state index in [1.54, 1.807) is 31.3 Å². The molecule has 1 aromatic heterocycles. The van der Waals surface area contributed by atoms with Gasteiger partial charge in [0.1, 0.15) is 0 Å². The maximum atomic E-state index is 12.4. The molecule has 0 amide bonds. The molecule has 0 bridgehead atoms. The number of nitrogens with one attached hydrogen (secondary N) is 1. The molecule has 22 heavy (non-hydrogen) atoms. The number of ether oxygens (including phenoxy) is 1. The van der Waals surface area contributed by atoms with Gasteiger partial charge in [-0.1, -0.05) is 12.1 Å². The van der Waals surface area contributed by atoms with Crippen LogP contribution in [0, 0.1) is 0 Å². The van der Waals surface area contributed by atoms with Gasteiger partial charge in [-0.25, -0.2) is 17.9 Å². The first-order valence-electron chi connectivity index (χ1n) is 6.55. The summed E-state index contributed by atoms with van der Waals surface area (Å²) < 4.78 is 31.9. The molecule has 6 nitrogen and oxygen atoms in total. The lowest BCUT2D eigenvalue weighted by molar-refractivity contribution is 0.0600. The minimum absolute atomic E-state index is 0.00168. The zero-order valence-electron chi connectivity index (χ0n) is 12.2. The molecule has 1 atom stereocenters. The Morgan fingerprint density at radius 1 is 1.23 bits per heavy atom. The first-order chi connectivity index (χ1) is 10.4. The number of carbonyl (C=O) groups is 1. The van der Waals surface area contributed by atoms with Crippen LogP contribution in [0.4, 0.5) is 0 Å². The van der Waals surface area contributed by atoms with Gasteiger partial charge >= 0.3 is 5.97 Å². The predicted molar refractivity (Wildman–Crippen MR) is 80.8 cm³/mol. The molecule has 0 aliphatic carbocycles. The summed E-state index contributed by atoms with van der Waals surface area (Å²) in [5, 5.41) is 0. The number of sulfonamides is 1. The molecule has 0 saturated heterocycles. The second kappa shape index (κ2) is 6.67. The Kier molecular flexibility index (Phi) is 4.89. The van der Waals surface area contributed by atoms with Gasteiger partial charge in [-0.2, -0.15) is 0 Å². The number of nitrogens with zero attached hydrogens (tertiary/aromatic N) is 1. The Morgan fingerprint density at radius 2 is 2.00 bits per heavy atom. The van der Waals surface area contributed by atoms with Crippen LogP contribution in [0.3, 0.4) is 0 Å². The number of pyridine rings is 1. The van der Waals surface area contributed by atoms with Gasteiger partial charge in [0.15, 0.2) is 0 Å². The molecule has 0 spiro atoms. The third-order valence-electron chi connectivity index (χ3n) is 3.03. The SMILES string of the molecule is COC(=O)c1cccc(S(=O)(=O)NC(C)c2ccccn2)c1. The maximum absolute atomic E-state index is 12.4. The summed E-state index contributed by atoms with van der Waals surface area (Å²) in [7, 11) is -2.53. The molecular formula is C15H16N2O4S. The highest BCUT2D eigenvalue weighted by molar-refractivity contribution is 7.89. The minimum Gasteiger partial charge on any atom is -0.465 e. The third kappa shape index (κ3) is 3.69. The largest absolute Gasteiger partial charge is 0.465 e. The van der Waals surface area contributed by atoms with Crippen LogP contribution in [0.5, 0.6) is 0 Å². The smallest absolute Gasteiger partial charge is 0.337 e. The Bertz CT molecular complexity index is 760. The van der Waals surface area contributed by atoms with Crippen LogP contribution < -0.4 is 4.72 Å². The van der Waals surface area contributed by atoms with Gasteiger partial charge < -0.3 is 4.74 Å². The highest BCUT2D eigenvalue weighted by Crippen LogP contribution is 2.16. The van der Waals surface area contributed by atoms with E-state index in [0.29, 0.717) is 5.69 Å². The number of aromatic nitrogens is 1. The van der Waals surface area contributed by atoms with Crippen molar-refractivity contribution in [2.45, 2.75) is 17.9 Å². The van der Waals surface area contributed by atoms with E-state index in [0.717, 1.165) is 0 Å². The van der Waals surface area contributed by atoms with E-state index >= 15 is 0 Å². The molecule has 1 N–H and O–H groups in total. The number of methoxy groups -OCH3 is 1. The first-order valence-corrected chi connectivity index (χ1v) is 8.04. The highest BCUT2D eigenvalue weighted by atomic mass is 32.2. The van der Waals surface area contributed by atoms with Gasteiger partial charge in [-0.05, 0) is 37.3 Å². The van der Waals surface area contributed by atoms with Gasteiger partial charge in [-0.3, -0.25) is 4.98 Å². The van der Waals surface area contributed by atoms with Crippen LogP contribution >= 0.6 is 0 Å². The topological polar surface area (TPSA) is 85.4 Å². The number of hydrogen-bond donors (Lipinski definition) is 1. The van der Waals surface area contributed by atoms with Crippen molar-refractivity contribution in [3.05, 3.63) is 59.9 Å². The molecule has 1 heterocycles. The summed E-state index contributed by atoms with van der Waals surface area (Å²) in [5.74, 6) is -0.588. The molecule has 7 heteroatoms. The molecule has 0 radical (unpaired) electrons. The average molecular weight is 320 g/mol. The van der Waals surface area contributed by atoms with Crippen LogP contribution in [0.1, 0.15) is 29.0 Å². The van der Waals surface area contributed by atoms with E-state index in [4.69, 9.17) is 0 Å². The Hall–Kier alpha value is -2.25. The molecule has 2 aromatic rings. The summed E-state index contributed by atoms with van der Waals surface area (Å²) in [6.07, 6.45) is 1.60. The van der Waals surface area contributed by atoms with Crippen LogP contribution in [0.2, 0.25) is 0 Å². The molecule has 116 valence electrons. The number of benzene rings is 1. The van der Waals surface area contributed by atoms with Crippen LogP contribution in [0.25, 0.3) is 0 Å². The molecule has 0 aliphatic rings. The quantitative estimate of drug-likeness (QED) is 0.851. The summed E-state index contributed by atoms with van der Waals surface area (Å²) in [6, 6.07) is 10.5. The van der Waals surface area contributed by atoms with Crippen molar-refractivity contribution in [2.75, 3.05) is 7.11 Å². The Balaban J connectivity index is 2.25. The van der Waals surface area contributed by atoms with E-state index in [1.807, 2.05) is 0 Å². The second-order valence-corrected chi connectivity index (χ2v) is 6.33. The van der Waals surface area contributed by atoms with E-state index in [9.17, 15) is 13.2 Å². The zero-order valence-corrected chi connectivity index (χ0v) is 13.0. The number of rotatable bonds is 5. The van der Waals surface area contributed by atoms with E-state index in [-0.39, 0.29) is 10.5 Å². The molecule has 1 aromatic carbocycles. The number of hydrogen-bond acceptors (Lipinski definition) is 5.